The second-order valence-corrected chi connectivity index (χ2v) is 11.9. The van der Waals surface area contributed by atoms with Gasteiger partial charge in [-0.25, -0.2) is 13.8 Å². The summed E-state index contributed by atoms with van der Waals surface area (Å²) in [6, 6.07) is 7.15. The molecule has 2 amide bonds. The summed E-state index contributed by atoms with van der Waals surface area (Å²) < 4.78 is 31.7. The molecule has 3 atom stereocenters. The summed E-state index contributed by atoms with van der Waals surface area (Å²) in [7, 11) is 1.57. The number of rotatable bonds is 7. The molecule has 0 saturated carbocycles. The first-order valence-corrected chi connectivity index (χ1v) is 15.1. The van der Waals surface area contributed by atoms with Gasteiger partial charge in [-0.05, 0) is 37.6 Å². The first kappa shape index (κ1) is 31.6. The van der Waals surface area contributed by atoms with Crippen molar-refractivity contribution in [1.82, 2.24) is 34.9 Å². The number of halogens is 3. The summed E-state index contributed by atoms with van der Waals surface area (Å²) in [6.07, 6.45) is 1.27. The standard InChI is InChI=1S/C31H33ClF2N8O4/c1-16-22(14-37-39-16)19-5-6-21(27(34)26(19)33)25-15-36-28(40(25)2)29(44)38-17-3-4-20(23(32)11-17)30(45)41-7-9-42(10-8-41)31(46)24-12-18(43)13-35-24/h3-6,11,14-15,18,24,29,35,38,43-44H,7-10,12-13H2,1-2H3,(H,37,39)/t18-,24+,29?/m1/s1. The average Bonchev–Trinajstić information content (AvgIpc) is 3.78. The lowest BCUT2D eigenvalue weighted by Gasteiger charge is -2.36. The number of aryl methyl sites for hydroxylation is 1. The Morgan fingerprint density at radius 1 is 1.04 bits per heavy atom. The van der Waals surface area contributed by atoms with Crippen molar-refractivity contribution in [3.63, 3.8) is 0 Å². The Kier molecular flexibility index (Phi) is 8.79. The molecule has 0 radical (unpaired) electrons. The molecule has 4 heterocycles. The minimum Gasteiger partial charge on any atom is -0.392 e. The summed E-state index contributed by atoms with van der Waals surface area (Å²) in [4.78, 5) is 33.5. The van der Waals surface area contributed by atoms with Gasteiger partial charge in [0.2, 0.25) is 5.91 Å². The number of aliphatic hydroxyl groups excluding tert-OH is 2. The maximum Gasteiger partial charge on any atom is 0.255 e. The number of aromatic amines is 1. The molecule has 1 unspecified atom stereocenters. The van der Waals surface area contributed by atoms with E-state index in [1.807, 2.05) is 0 Å². The third-order valence-electron chi connectivity index (χ3n) is 8.53. The van der Waals surface area contributed by atoms with Crippen LogP contribution >= 0.6 is 11.6 Å². The van der Waals surface area contributed by atoms with Crippen molar-refractivity contribution in [2.24, 2.45) is 7.05 Å². The summed E-state index contributed by atoms with van der Waals surface area (Å²) >= 11 is 6.49. The van der Waals surface area contributed by atoms with Gasteiger partial charge in [0.1, 0.15) is 0 Å². The van der Waals surface area contributed by atoms with E-state index in [0.717, 1.165) is 0 Å². The van der Waals surface area contributed by atoms with Crippen LogP contribution in [0.1, 0.15) is 34.5 Å². The highest BCUT2D eigenvalue weighted by Gasteiger charge is 2.34. The number of aromatic nitrogens is 4. The number of amides is 2. The van der Waals surface area contributed by atoms with Crippen molar-refractivity contribution in [2.45, 2.75) is 31.7 Å². The lowest BCUT2D eigenvalue weighted by molar-refractivity contribution is -0.134. The van der Waals surface area contributed by atoms with Crippen molar-refractivity contribution in [1.29, 1.82) is 0 Å². The van der Waals surface area contributed by atoms with Gasteiger partial charge >= 0.3 is 0 Å². The van der Waals surface area contributed by atoms with Gasteiger partial charge in [0.15, 0.2) is 23.7 Å². The quantitative estimate of drug-likeness (QED) is 0.191. The Morgan fingerprint density at radius 3 is 2.39 bits per heavy atom. The molecule has 2 fully saturated rings. The third kappa shape index (κ3) is 5.96. The Labute approximate surface area is 268 Å². The zero-order valence-electron chi connectivity index (χ0n) is 25.1. The molecule has 2 aromatic carbocycles. The molecule has 2 aliphatic rings. The lowest BCUT2D eigenvalue weighted by atomic mass is 10.0. The van der Waals surface area contributed by atoms with Crippen molar-refractivity contribution in [2.75, 3.05) is 38.0 Å². The molecule has 6 rings (SSSR count). The SMILES string of the molecule is Cc1[nH]ncc1-c1ccc(-c2cnc(C(O)Nc3ccc(C(=O)N4CCN(C(=O)[C@@H]5C[C@@H](O)CN5)CC4)c(Cl)c3)n2C)c(F)c1F. The van der Waals surface area contributed by atoms with Gasteiger partial charge in [0.05, 0.1) is 40.8 Å². The van der Waals surface area contributed by atoms with Crippen LogP contribution in [0.5, 0.6) is 0 Å². The molecule has 15 heteroatoms. The average molecular weight is 655 g/mol. The summed E-state index contributed by atoms with van der Waals surface area (Å²) in [6.45, 7) is 3.53. The van der Waals surface area contributed by atoms with E-state index in [4.69, 9.17) is 11.6 Å². The molecule has 2 aliphatic heterocycles. The van der Waals surface area contributed by atoms with E-state index in [9.17, 15) is 19.8 Å². The van der Waals surface area contributed by atoms with Crippen molar-refractivity contribution in [3.8, 4) is 22.4 Å². The Hall–Kier alpha value is -4.37. The fourth-order valence-electron chi connectivity index (χ4n) is 5.93. The first-order valence-electron chi connectivity index (χ1n) is 14.8. The van der Waals surface area contributed by atoms with Crippen molar-refractivity contribution < 1.29 is 28.6 Å². The van der Waals surface area contributed by atoms with Gasteiger partial charge in [-0.3, -0.25) is 14.7 Å². The summed E-state index contributed by atoms with van der Waals surface area (Å²) in [5.74, 6) is -2.30. The van der Waals surface area contributed by atoms with E-state index in [2.05, 4.69) is 25.8 Å². The van der Waals surface area contributed by atoms with Gasteiger partial charge in [-0.1, -0.05) is 17.7 Å². The highest BCUT2D eigenvalue weighted by atomic mass is 35.5. The monoisotopic (exact) mass is 654 g/mol. The van der Waals surface area contributed by atoms with E-state index >= 15 is 8.78 Å². The van der Waals surface area contributed by atoms with Crippen LogP contribution in [0, 0.1) is 18.6 Å². The van der Waals surface area contributed by atoms with Crippen LogP contribution in [0.15, 0.2) is 42.7 Å². The minimum atomic E-state index is -1.35. The minimum absolute atomic E-state index is 0.0269. The Balaban J connectivity index is 1.10. The van der Waals surface area contributed by atoms with Crippen molar-refractivity contribution >= 4 is 29.1 Å². The number of anilines is 1. The smallest absolute Gasteiger partial charge is 0.255 e. The third-order valence-corrected chi connectivity index (χ3v) is 8.85. The molecule has 242 valence electrons. The van der Waals surface area contributed by atoms with E-state index in [1.54, 1.807) is 35.9 Å². The number of nitrogens with one attached hydrogen (secondary N) is 3. The van der Waals surface area contributed by atoms with Crippen LogP contribution in [-0.2, 0) is 11.8 Å². The first-order chi connectivity index (χ1) is 22.0. The van der Waals surface area contributed by atoms with Gasteiger partial charge in [-0.15, -0.1) is 0 Å². The van der Waals surface area contributed by atoms with Gasteiger partial charge in [0.25, 0.3) is 5.91 Å². The number of β-amino-alcohol motifs (C(OH)–C–C–N with tert-alkyl or cyclic N) is 1. The Bertz CT molecular complexity index is 1790. The Morgan fingerprint density at radius 2 is 1.74 bits per heavy atom. The number of hydrogen-bond donors (Lipinski definition) is 5. The van der Waals surface area contributed by atoms with E-state index < -0.39 is 30.0 Å². The van der Waals surface area contributed by atoms with Crippen LogP contribution in [0.3, 0.4) is 0 Å². The van der Waals surface area contributed by atoms with E-state index in [0.29, 0.717) is 56.1 Å². The molecule has 2 aromatic heterocycles. The van der Waals surface area contributed by atoms with E-state index in [1.165, 1.54) is 35.2 Å². The highest BCUT2D eigenvalue weighted by molar-refractivity contribution is 6.34. The highest BCUT2D eigenvalue weighted by Crippen LogP contribution is 2.33. The topological polar surface area (TPSA) is 152 Å². The molecular weight excluding hydrogens is 622 g/mol. The largest absolute Gasteiger partial charge is 0.392 e. The number of benzene rings is 2. The number of aliphatic hydroxyl groups is 2. The predicted molar refractivity (Wildman–Crippen MR) is 166 cm³/mol. The predicted octanol–water partition coefficient (Wildman–Crippen LogP) is 2.83. The zero-order valence-corrected chi connectivity index (χ0v) is 25.9. The number of carbonyl (C=O) groups excluding carboxylic acids is 2. The molecular formula is C31H33ClF2N8O4. The maximum absolute atomic E-state index is 15.2. The fourth-order valence-corrected chi connectivity index (χ4v) is 6.19. The van der Waals surface area contributed by atoms with Crippen LogP contribution in [0.25, 0.3) is 22.4 Å². The molecule has 0 bridgehead atoms. The van der Waals surface area contributed by atoms with Crippen molar-refractivity contribution in [3.05, 3.63) is 76.5 Å². The molecule has 2 saturated heterocycles. The fraction of sp³-hybridized carbons (Fsp3) is 0.355. The maximum atomic E-state index is 15.2. The molecule has 5 N–H and O–H groups in total. The summed E-state index contributed by atoms with van der Waals surface area (Å²) in [5.41, 5.74) is 2.03. The lowest BCUT2D eigenvalue weighted by Crippen LogP contribution is -2.54. The normalized spacial score (nSPS) is 19.0. The number of hydrogen-bond acceptors (Lipinski definition) is 8. The molecule has 0 aliphatic carbocycles. The number of piperazine rings is 1. The van der Waals surface area contributed by atoms with Crippen LogP contribution < -0.4 is 10.6 Å². The summed E-state index contributed by atoms with van der Waals surface area (Å²) in [5, 5.41) is 33.3. The van der Waals surface area contributed by atoms with Crippen LogP contribution in [-0.4, -0.2) is 96.4 Å². The number of nitrogens with zero attached hydrogens (tertiary/aromatic N) is 5. The van der Waals surface area contributed by atoms with E-state index in [-0.39, 0.29) is 45.0 Å². The van der Waals surface area contributed by atoms with Gasteiger partial charge in [-0.2, -0.15) is 5.10 Å². The molecule has 0 spiro atoms. The van der Waals surface area contributed by atoms with Gasteiger partial charge < -0.3 is 35.2 Å². The van der Waals surface area contributed by atoms with Crippen LogP contribution in [0.4, 0.5) is 14.5 Å². The molecule has 4 aromatic rings. The number of carbonyl (C=O) groups is 2. The second-order valence-electron chi connectivity index (χ2n) is 11.5. The number of imidazole rings is 1. The number of H-pyrrole nitrogens is 1. The second kappa shape index (κ2) is 12.8. The van der Waals surface area contributed by atoms with Gasteiger partial charge in [0, 0.05) is 67.8 Å². The van der Waals surface area contributed by atoms with Crippen LogP contribution in [0.2, 0.25) is 5.02 Å². The molecule has 12 nitrogen and oxygen atoms in total. The molecule has 46 heavy (non-hydrogen) atoms. The zero-order chi connectivity index (χ0) is 32.7.